The largest absolute Gasteiger partial charge is 0.354 e. The number of hydrogen-bond donors (Lipinski definition) is 1. The first kappa shape index (κ1) is 9.89. The van der Waals surface area contributed by atoms with E-state index in [-0.39, 0.29) is 5.91 Å². The molecule has 1 aliphatic heterocycles. The van der Waals surface area contributed by atoms with Gasteiger partial charge in [0.1, 0.15) is 5.82 Å². The van der Waals surface area contributed by atoms with Crippen LogP contribution in [0.4, 0.5) is 11.8 Å². The van der Waals surface area contributed by atoms with Crippen LogP contribution < -0.4 is 10.2 Å². The van der Waals surface area contributed by atoms with Gasteiger partial charge >= 0.3 is 0 Å². The van der Waals surface area contributed by atoms with Gasteiger partial charge in [-0.25, -0.2) is 4.98 Å². The molecule has 0 unspecified atom stereocenters. The van der Waals surface area contributed by atoms with Crippen molar-refractivity contribution in [3.8, 4) is 0 Å². The molecule has 5 heteroatoms. The molecule has 15 heavy (non-hydrogen) atoms. The average molecular weight is 206 g/mol. The molecule has 0 aromatic carbocycles. The van der Waals surface area contributed by atoms with Gasteiger partial charge in [-0.1, -0.05) is 0 Å². The molecule has 0 atom stereocenters. The number of nitrogens with zero attached hydrogens (tertiary/aromatic N) is 3. The van der Waals surface area contributed by atoms with Gasteiger partial charge in [-0.15, -0.1) is 0 Å². The number of aromatic nitrogens is 2. The molecule has 2 rings (SSSR count). The highest BCUT2D eigenvalue weighted by molar-refractivity contribution is 5.94. The maximum absolute atomic E-state index is 11.5. The minimum absolute atomic E-state index is 0.149. The lowest BCUT2D eigenvalue weighted by Crippen LogP contribution is -2.25. The summed E-state index contributed by atoms with van der Waals surface area (Å²) in [5.74, 6) is 1.43. The molecular formula is C10H14N4O. The van der Waals surface area contributed by atoms with E-state index in [9.17, 15) is 4.79 Å². The van der Waals surface area contributed by atoms with Crippen molar-refractivity contribution >= 4 is 17.7 Å². The summed E-state index contributed by atoms with van der Waals surface area (Å²) in [7, 11) is 0. The van der Waals surface area contributed by atoms with Crippen LogP contribution in [0.2, 0.25) is 0 Å². The fourth-order valence-electron chi connectivity index (χ4n) is 1.63. The van der Waals surface area contributed by atoms with E-state index in [0.717, 1.165) is 19.5 Å². The molecule has 1 aromatic heterocycles. The Balaban J connectivity index is 2.20. The van der Waals surface area contributed by atoms with Crippen LogP contribution in [0.25, 0.3) is 0 Å². The van der Waals surface area contributed by atoms with Crippen molar-refractivity contribution in [2.24, 2.45) is 0 Å². The molecule has 1 amide bonds. The van der Waals surface area contributed by atoms with Crippen LogP contribution >= 0.6 is 0 Å². The third kappa shape index (κ3) is 2.06. The Labute approximate surface area is 88.5 Å². The van der Waals surface area contributed by atoms with Crippen molar-refractivity contribution in [1.29, 1.82) is 0 Å². The molecule has 0 aliphatic carbocycles. The fourth-order valence-corrected chi connectivity index (χ4v) is 1.63. The third-order valence-corrected chi connectivity index (χ3v) is 2.33. The van der Waals surface area contributed by atoms with Crippen molar-refractivity contribution in [3.05, 3.63) is 12.3 Å². The summed E-state index contributed by atoms with van der Waals surface area (Å²) in [4.78, 5) is 21.5. The predicted octanol–water partition coefficient (Wildman–Crippen LogP) is 1.04. The summed E-state index contributed by atoms with van der Waals surface area (Å²) in [6.07, 6.45) is 3.21. The van der Waals surface area contributed by atoms with E-state index in [0.29, 0.717) is 18.2 Å². The first-order valence-electron chi connectivity index (χ1n) is 5.18. The number of hydrogen-bond acceptors (Lipinski definition) is 4. The lowest BCUT2D eigenvalue weighted by atomic mass is 10.4. The molecule has 1 saturated heterocycles. The number of anilines is 2. The second-order valence-electron chi connectivity index (χ2n) is 3.42. The number of nitrogens with one attached hydrogen (secondary N) is 1. The molecule has 2 heterocycles. The predicted molar refractivity (Wildman–Crippen MR) is 57.8 cm³/mol. The van der Waals surface area contributed by atoms with Gasteiger partial charge in [-0.3, -0.25) is 9.69 Å². The first-order chi connectivity index (χ1) is 7.31. The second-order valence-corrected chi connectivity index (χ2v) is 3.42. The first-order valence-corrected chi connectivity index (χ1v) is 5.18. The average Bonchev–Trinajstić information content (AvgIpc) is 2.65. The molecule has 1 N–H and O–H groups in total. The Hall–Kier alpha value is -1.65. The lowest BCUT2D eigenvalue weighted by molar-refractivity contribution is -0.117. The van der Waals surface area contributed by atoms with E-state index in [4.69, 9.17) is 0 Å². The number of amides is 1. The summed E-state index contributed by atoms with van der Waals surface area (Å²) in [6.45, 7) is 3.52. The Kier molecular flexibility index (Phi) is 2.80. The van der Waals surface area contributed by atoms with Crippen LogP contribution in [0.15, 0.2) is 12.3 Å². The zero-order chi connectivity index (χ0) is 10.7. The summed E-state index contributed by atoms with van der Waals surface area (Å²) < 4.78 is 0. The van der Waals surface area contributed by atoms with Crippen LogP contribution in [0.1, 0.15) is 19.8 Å². The van der Waals surface area contributed by atoms with Crippen LogP contribution in [0, 0.1) is 0 Å². The van der Waals surface area contributed by atoms with E-state index in [1.807, 2.05) is 6.92 Å². The molecule has 0 bridgehead atoms. The minimum atomic E-state index is 0.149. The molecule has 0 radical (unpaired) electrons. The molecule has 0 saturated carbocycles. The van der Waals surface area contributed by atoms with Gasteiger partial charge in [-0.2, -0.15) is 4.98 Å². The molecule has 0 spiro atoms. The van der Waals surface area contributed by atoms with Crippen molar-refractivity contribution in [2.75, 3.05) is 23.3 Å². The van der Waals surface area contributed by atoms with Crippen molar-refractivity contribution in [2.45, 2.75) is 19.8 Å². The molecule has 5 nitrogen and oxygen atoms in total. The lowest BCUT2D eigenvalue weighted by Gasteiger charge is -2.14. The van der Waals surface area contributed by atoms with Gasteiger partial charge in [-0.05, 0) is 19.4 Å². The van der Waals surface area contributed by atoms with Crippen LogP contribution in [0.5, 0.6) is 0 Å². The van der Waals surface area contributed by atoms with Gasteiger partial charge in [0.15, 0.2) is 0 Å². The maximum atomic E-state index is 11.5. The summed E-state index contributed by atoms with van der Waals surface area (Å²) in [5.41, 5.74) is 0. The monoisotopic (exact) mass is 206 g/mol. The minimum Gasteiger partial charge on any atom is -0.354 e. The quantitative estimate of drug-likeness (QED) is 0.802. The number of carbonyl (C=O) groups is 1. The standard InChI is InChI=1S/C10H14N4O/c1-2-11-10-12-6-5-8(13-10)14-7-3-4-9(14)15/h5-6H,2-4,7H2,1H3,(H,11,12,13). The second kappa shape index (κ2) is 4.25. The van der Waals surface area contributed by atoms with Crippen LogP contribution in [0.3, 0.4) is 0 Å². The highest BCUT2D eigenvalue weighted by Gasteiger charge is 2.22. The Morgan fingerprint density at radius 3 is 3.13 bits per heavy atom. The molecule has 1 aliphatic rings. The van der Waals surface area contributed by atoms with E-state index in [2.05, 4.69) is 15.3 Å². The fraction of sp³-hybridized carbons (Fsp3) is 0.500. The van der Waals surface area contributed by atoms with Gasteiger partial charge in [0.25, 0.3) is 0 Å². The Morgan fingerprint density at radius 2 is 2.47 bits per heavy atom. The Bertz CT molecular complexity index is 366. The molecule has 80 valence electrons. The van der Waals surface area contributed by atoms with Gasteiger partial charge in [0.2, 0.25) is 11.9 Å². The zero-order valence-corrected chi connectivity index (χ0v) is 8.73. The molecule has 1 aromatic rings. The SMILES string of the molecule is CCNc1nccc(N2CCCC2=O)n1. The maximum Gasteiger partial charge on any atom is 0.228 e. The van der Waals surface area contributed by atoms with E-state index in [1.165, 1.54) is 0 Å². The summed E-state index contributed by atoms with van der Waals surface area (Å²) >= 11 is 0. The number of rotatable bonds is 3. The highest BCUT2D eigenvalue weighted by Crippen LogP contribution is 2.19. The summed E-state index contributed by atoms with van der Waals surface area (Å²) in [6, 6.07) is 1.77. The van der Waals surface area contributed by atoms with Crippen molar-refractivity contribution < 1.29 is 4.79 Å². The topological polar surface area (TPSA) is 58.1 Å². The van der Waals surface area contributed by atoms with Gasteiger partial charge in [0, 0.05) is 25.7 Å². The van der Waals surface area contributed by atoms with E-state index in [1.54, 1.807) is 17.2 Å². The van der Waals surface area contributed by atoms with Crippen LogP contribution in [-0.4, -0.2) is 29.0 Å². The zero-order valence-electron chi connectivity index (χ0n) is 8.73. The summed E-state index contributed by atoms with van der Waals surface area (Å²) in [5, 5.41) is 3.03. The molecular weight excluding hydrogens is 192 g/mol. The third-order valence-electron chi connectivity index (χ3n) is 2.33. The van der Waals surface area contributed by atoms with Gasteiger partial charge < -0.3 is 5.32 Å². The highest BCUT2D eigenvalue weighted by atomic mass is 16.2. The van der Waals surface area contributed by atoms with Crippen molar-refractivity contribution in [3.63, 3.8) is 0 Å². The van der Waals surface area contributed by atoms with Crippen LogP contribution in [-0.2, 0) is 4.79 Å². The smallest absolute Gasteiger partial charge is 0.228 e. The Morgan fingerprint density at radius 1 is 1.60 bits per heavy atom. The molecule has 1 fully saturated rings. The van der Waals surface area contributed by atoms with E-state index >= 15 is 0 Å². The normalized spacial score (nSPS) is 15.8. The van der Waals surface area contributed by atoms with Crippen molar-refractivity contribution in [1.82, 2.24) is 9.97 Å². The van der Waals surface area contributed by atoms with E-state index < -0.39 is 0 Å². The van der Waals surface area contributed by atoms with Gasteiger partial charge in [0.05, 0.1) is 0 Å². The number of carbonyl (C=O) groups excluding carboxylic acids is 1.